The molecule has 0 aliphatic rings. The second-order valence-electron chi connectivity index (χ2n) is 4.50. The third kappa shape index (κ3) is 7.28. The van der Waals surface area contributed by atoms with Gasteiger partial charge in [-0.05, 0) is 44.6 Å². The van der Waals surface area contributed by atoms with Gasteiger partial charge in [0, 0.05) is 11.9 Å². The first-order valence-electron chi connectivity index (χ1n) is 5.93. The Hall–Kier alpha value is -0.940. The highest BCUT2D eigenvalue weighted by molar-refractivity contribution is 6.20. The first-order valence-corrected chi connectivity index (χ1v) is 6.37. The lowest BCUT2D eigenvalue weighted by Gasteiger charge is -2.17. The molecule has 1 aromatic rings. The summed E-state index contributed by atoms with van der Waals surface area (Å²) in [5.74, 6) is -0.201. The molecule has 0 aliphatic carbocycles. The van der Waals surface area contributed by atoms with Crippen LogP contribution in [-0.4, -0.2) is 30.2 Å². The van der Waals surface area contributed by atoms with Crippen LogP contribution in [0.15, 0.2) is 24.3 Å². The van der Waals surface area contributed by atoms with Gasteiger partial charge in [-0.15, -0.1) is 24.8 Å². The second-order valence-corrected chi connectivity index (χ2v) is 5.24. The molecule has 0 amide bonds. The molecule has 0 spiro atoms. The van der Waals surface area contributed by atoms with Gasteiger partial charge in [0.15, 0.2) is 0 Å². The molecule has 0 aliphatic heterocycles. The van der Waals surface area contributed by atoms with E-state index in [2.05, 4.69) is 9.64 Å². The van der Waals surface area contributed by atoms with Crippen molar-refractivity contribution in [2.75, 3.05) is 13.6 Å². The Labute approximate surface area is 116 Å². The average molecular weight is 296 g/mol. The maximum Gasteiger partial charge on any atom is 0.573 e. The first kappa shape index (κ1) is 16.1. The fourth-order valence-electron chi connectivity index (χ4n) is 1.59. The summed E-state index contributed by atoms with van der Waals surface area (Å²) in [7, 11) is 1.94. The summed E-state index contributed by atoms with van der Waals surface area (Å²) in [5, 5.41) is 0.116. The monoisotopic (exact) mass is 295 g/mol. The third-order valence-electron chi connectivity index (χ3n) is 2.52. The van der Waals surface area contributed by atoms with Crippen LogP contribution in [0.5, 0.6) is 5.75 Å². The van der Waals surface area contributed by atoms with Crippen molar-refractivity contribution in [3.8, 4) is 5.75 Å². The normalized spacial score (nSPS) is 13.6. The number of hydrogen-bond donors (Lipinski definition) is 0. The van der Waals surface area contributed by atoms with E-state index in [0.717, 1.165) is 18.5 Å². The average Bonchev–Trinajstić information content (AvgIpc) is 2.27. The van der Waals surface area contributed by atoms with E-state index in [1.165, 1.54) is 12.1 Å². The van der Waals surface area contributed by atoms with Crippen LogP contribution >= 0.6 is 11.6 Å². The molecule has 6 heteroatoms. The van der Waals surface area contributed by atoms with Gasteiger partial charge in [0.2, 0.25) is 0 Å². The molecule has 0 radical (unpaired) electrons. The predicted molar refractivity (Wildman–Crippen MR) is 69.4 cm³/mol. The van der Waals surface area contributed by atoms with Crippen LogP contribution in [0.1, 0.15) is 18.9 Å². The number of benzene rings is 1. The Balaban J connectivity index is 2.48. The molecule has 0 bridgehead atoms. The summed E-state index contributed by atoms with van der Waals surface area (Å²) in [5.41, 5.74) is 0.930. The minimum atomic E-state index is -4.64. The molecule has 0 N–H and O–H groups in total. The van der Waals surface area contributed by atoms with Crippen molar-refractivity contribution >= 4 is 11.6 Å². The highest BCUT2D eigenvalue weighted by Crippen LogP contribution is 2.23. The van der Waals surface area contributed by atoms with Gasteiger partial charge in [0.1, 0.15) is 5.75 Å². The molecule has 0 heterocycles. The summed E-state index contributed by atoms with van der Waals surface area (Å²) in [6.45, 7) is 3.43. The minimum Gasteiger partial charge on any atom is -0.406 e. The number of rotatable bonds is 6. The number of ether oxygens (including phenoxy) is 1. The van der Waals surface area contributed by atoms with Crippen molar-refractivity contribution in [2.24, 2.45) is 0 Å². The van der Waals surface area contributed by atoms with E-state index in [9.17, 15) is 13.2 Å². The lowest BCUT2D eigenvalue weighted by molar-refractivity contribution is -0.274. The van der Waals surface area contributed by atoms with Gasteiger partial charge in [-0.3, -0.25) is 0 Å². The summed E-state index contributed by atoms with van der Waals surface area (Å²) >= 11 is 5.86. The molecule has 0 aromatic heterocycles. The van der Waals surface area contributed by atoms with E-state index in [0.29, 0.717) is 6.54 Å². The molecule has 19 heavy (non-hydrogen) atoms. The van der Waals surface area contributed by atoms with Gasteiger partial charge < -0.3 is 9.64 Å². The van der Waals surface area contributed by atoms with E-state index in [1.54, 1.807) is 12.1 Å². The van der Waals surface area contributed by atoms with Crippen LogP contribution in [0.2, 0.25) is 0 Å². The topological polar surface area (TPSA) is 12.5 Å². The van der Waals surface area contributed by atoms with E-state index < -0.39 is 6.36 Å². The maximum absolute atomic E-state index is 12.0. The van der Waals surface area contributed by atoms with Gasteiger partial charge in [-0.1, -0.05) is 12.1 Å². The van der Waals surface area contributed by atoms with E-state index in [-0.39, 0.29) is 11.1 Å². The molecule has 1 aromatic carbocycles. The molecule has 0 saturated heterocycles. The van der Waals surface area contributed by atoms with Crippen molar-refractivity contribution in [3.05, 3.63) is 29.8 Å². The van der Waals surface area contributed by atoms with Crippen LogP contribution in [0, 0.1) is 0 Å². The Kier molecular flexibility index (Phi) is 5.94. The Morgan fingerprint density at radius 3 is 2.32 bits per heavy atom. The van der Waals surface area contributed by atoms with Crippen LogP contribution in [0.25, 0.3) is 0 Å². The van der Waals surface area contributed by atoms with E-state index >= 15 is 0 Å². The SMILES string of the molecule is CC(Cl)CCN(C)Cc1ccc(OC(F)(F)F)cc1. The number of alkyl halides is 4. The van der Waals surface area contributed by atoms with Gasteiger partial charge in [0.05, 0.1) is 0 Å². The van der Waals surface area contributed by atoms with Gasteiger partial charge in [0.25, 0.3) is 0 Å². The highest BCUT2D eigenvalue weighted by Gasteiger charge is 2.30. The zero-order valence-corrected chi connectivity index (χ0v) is 11.6. The largest absolute Gasteiger partial charge is 0.573 e. The Morgan fingerprint density at radius 2 is 1.84 bits per heavy atom. The lowest BCUT2D eigenvalue weighted by atomic mass is 10.2. The zero-order valence-electron chi connectivity index (χ0n) is 10.9. The van der Waals surface area contributed by atoms with Gasteiger partial charge in [-0.2, -0.15) is 0 Å². The van der Waals surface area contributed by atoms with Crippen LogP contribution in [0.3, 0.4) is 0 Å². The van der Waals surface area contributed by atoms with Gasteiger partial charge >= 0.3 is 6.36 Å². The molecule has 108 valence electrons. The second kappa shape index (κ2) is 7.01. The van der Waals surface area contributed by atoms with Crippen molar-refractivity contribution < 1.29 is 17.9 Å². The fraction of sp³-hybridized carbons (Fsp3) is 0.538. The highest BCUT2D eigenvalue weighted by atomic mass is 35.5. The van der Waals surface area contributed by atoms with Crippen LogP contribution in [-0.2, 0) is 6.54 Å². The Morgan fingerprint density at radius 1 is 1.26 bits per heavy atom. The molecule has 2 nitrogen and oxygen atoms in total. The number of halogens is 4. The molecule has 1 unspecified atom stereocenters. The standard InChI is InChI=1S/C13H17ClF3NO/c1-10(14)7-8-18(2)9-11-3-5-12(6-4-11)19-13(15,16)17/h3-6,10H,7-9H2,1-2H3. The van der Waals surface area contributed by atoms with Crippen molar-refractivity contribution in [3.63, 3.8) is 0 Å². The summed E-state index contributed by atoms with van der Waals surface area (Å²) in [6.07, 6.45) is -3.78. The minimum absolute atomic E-state index is 0.116. The molecular weight excluding hydrogens is 279 g/mol. The molecule has 0 saturated carbocycles. The van der Waals surface area contributed by atoms with E-state index in [4.69, 9.17) is 11.6 Å². The zero-order chi connectivity index (χ0) is 14.5. The van der Waals surface area contributed by atoms with Gasteiger partial charge in [-0.25, -0.2) is 0 Å². The van der Waals surface area contributed by atoms with Crippen molar-refractivity contribution in [2.45, 2.75) is 31.6 Å². The molecular formula is C13H17ClF3NO. The number of nitrogens with zero attached hydrogens (tertiary/aromatic N) is 1. The Bertz CT molecular complexity index is 378. The quantitative estimate of drug-likeness (QED) is 0.735. The van der Waals surface area contributed by atoms with Crippen LogP contribution in [0.4, 0.5) is 13.2 Å². The predicted octanol–water partition coefficient (Wildman–Crippen LogP) is 4.03. The fourth-order valence-corrected chi connectivity index (χ4v) is 1.68. The van der Waals surface area contributed by atoms with Crippen molar-refractivity contribution in [1.29, 1.82) is 0 Å². The molecule has 1 rings (SSSR count). The first-order chi connectivity index (χ1) is 8.76. The molecule has 0 fully saturated rings. The third-order valence-corrected chi connectivity index (χ3v) is 2.74. The molecule has 1 atom stereocenters. The van der Waals surface area contributed by atoms with E-state index in [1.807, 2.05) is 14.0 Å². The summed E-state index contributed by atoms with van der Waals surface area (Å²) in [6, 6.07) is 5.89. The van der Waals surface area contributed by atoms with Crippen molar-refractivity contribution in [1.82, 2.24) is 4.90 Å². The smallest absolute Gasteiger partial charge is 0.406 e. The summed E-state index contributed by atoms with van der Waals surface area (Å²) in [4.78, 5) is 2.07. The number of hydrogen-bond acceptors (Lipinski definition) is 2. The summed E-state index contributed by atoms with van der Waals surface area (Å²) < 4.78 is 39.8. The lowest BCUT2D eigenvalue weighted by Crippen LogP contribution is -2.21. The van der Waals surface area contributed by atoms with Crippen LogP contribution < -0.4 is 4.74 Å². The maximum atomic E-state index is 12.0.